The van der Waals surface area contributed by atoms with Gasteiger partial charge in [0.1, 0.15) is 23.2 Å². The Balaban J connectivity index is 2.42. The van der Waals surface area contributed by atoms with Crippen molar-refractivity contribution in [1.29, 1.82) is 0 Å². The Bertz CT molecular complexity index is 662. The minimum absolute atomic E-state index is 0.181. The zero-order chi connectivity index (χ0) is 15.6. The molecular weight excluding hydrogens is 337 g/mol. The van der Waals surface area contributed by atoms with Crippen LogP contribution in [-0.2, 0) is 0 Å². The molecule has 2 rings (SSSR count). The largest absolute Gasteiger partial charge is 0.439 e. The molecule has 0 amide bonds. The van der Waals surface area contributed by atoms with E-state index in [-0.39, 0.29) is 11.7 Å². The molecule has 0 aliphatic heterocycles. The maximum Gasteiger partial charge on any atom is 0.227 e. The predicted molar refractivity (Wildman–Crippen MR) is 84.6 cm³/mol. The molecule has 0 spiro atoms. The summed E-state index contributed by atoms with van der Waals surface area (Å²) in [4.78, 5) is 8.90. The molecule has 1 aromatic heterocycles. The molecule has 1 N–H and O–H groups in total. The van der Waals surface area contributed by atoms with Gasteiger partial charge in [0.15, 0.2) is 0 Å². The molecule has 0 saturated carbocycles. The van der Waals surface area contributed by atoms with Crippen LogP contribution in [0.25, 0.3) is 0 Å². The Labute approximate surface area is 131 Å². The van der Waals surface area contributed by atoms with Crippen molar-refractivity contribution in [2.45, 2.75) is 26.7 Å². The molecule has 4 nitrogen and oxygen atoms in total. The summed E-state index contributed by atoms with van der Waals surface area (Å²) in [6.45, 7) is 5.91. The van der Waals surface area contributed by atoms with E-state index >= 15 is 0 Å². The first kappa shape index (κ1) is 15.7. The van der Waals surface area contributed by atoms with Gasteiger partial charge in [-0.3, -0.25) is 0 Å². The second-order valence-electron chi connectivity index (χ2n) is 4.94. The normalized spacial score (nSPS) is 10.8. The van der Waals surface area contributed by atoms with Crippen molar-refractivity contribution >= 4 is 21.7 Å². The van der Waals surface area contributed by atoms with Gasteiger partial charge in [0.2, 0.25) is 5.88 Å². The number of nitrogens with zero attached hydrogens (tertiary/aromatic N) is 2. The van der Waals surface area contributed by atoms with E-state index in [0.717, 1.165) is 11.4 Å². The van der Waals surface area contributed by atoms with Crippen molar-refractivity contribution in [3.8, 4) is 11.6 Å². The molecule has 0 radical (unpaired) electrons. The van der Waals surface area contributed by atoms with E-state index in [9.17, 15) is 4.39 Å². The molecule has 0 atom stereocenters. The summed E-state index contributed by atoms with van der Waals surface area (Å²) in [5.74, 6) is 2.25. The fourth-order valence-corrected chi connectivity index (χ4v) is 2.12. The van der Waals surface area contributed by atoms with Crippen molar-refractivity contribution < 1.29 is 9.13 Å². The van der Waals surface area contributed by atoms with E-state index in [1.807, 2.05) is 20.8 Å². The van der Waals surface area contributed by atoms with Crippen LogP contribution in [0.5, 0.6) is 11.6 Å². The summed E-state index contributed by atoms with van der Waals surface area (Å²) in [7, 11) is 1.80. The number of anilines is 1. The van der Waals surface area contributed by atoms with Gasteiger partial charge in [-0.05, 0) is 41.1 Å². The van der Waals surface area contributed by atoms with Crippen LogP contribution in [0.15, 0.2) is 22.7 Å². The van der Waals surface area contributed by atoms with Crippen molar-refractivity contribution in [3.05, 3.63) is 39.9 Å². The zero-order valence-corrected chi connectivity index (χ0v) is 14.0. The Kier molecular flexibility index (Phi) is 4.77. The van der Waals surface area contributed by atoms with Gasteiger partial charge in [-0.25, -0.2) is 9.37 Å². The van der Waals surface area contributed by atoms with E-state index in [1.165, 1.54) is 6.07 Å². The third kappa shape index (κ3) is 3.50. The molecule has 21 heavy (non-hydrogen) atoms. The smallest absolute Gasteiger partial charge is 0.227 e. The summed E-state index contributed by atoms with van der Waals surface area (Å²) in [6, 6.07) is 4.49. The Morgan fingerprint density at radius 2 is 2.00 bits per heavy atom. The third-order valence-electron chi connectivity index (χ3n) is 2.98. The minimum atomic E-state index is -0.333. The van der Waals surface area contributed by atoms with Gasteiger partial charge in [0, 0.05) is 13.0 Å². The zero-order valence-electron chi connectivity index (χ0n) is 12.4. The highest BCUT2D eigenvalue weighted by atomic mass is 79.9. The van der Waals surface area contributed by atoms with E-state index in [0.29, 0.717) is 21.9 Å². The highest BCUT2D eigenvalue weighted by molar-refractivity contribution is 9.10. The fourth-order valence-electron chi connectivity index (χ4n) is 1.77. The van der Waals surface area contributed by atoms with Gasteiger partial charge >= 0.3 is 0 Å². The Morgan fingerprint density at radius 3 is 2.57 bits per heavy atom. The van der Waals surface area contributed by atoms with E-state index in [1.54, 1.807) is 19.2 Å². The Hall–Kier alpha value is -1.69. The summed E-state index contributed by atoms with van der Waals surface area (Å²) < 4.78 is 19.4. The van der Waals surface area contributed by atoms with E-state index in [4.69, 9.17) is 4.74 Å². The molecule has 0 saturated heterocycles. The topological polar surface area (TPSA) is 47.0 Å². The molecule has 0 unspecified atom stereocenters. The number of ether oxygens (including phenoxy) is 1. The van der Waals surface area contributed by atoms with Crippen molar-refractivity contribution in [2.75, 3.05) is 12.4 Å². The lowest BCUT2D eigenvalue weighted by Gasteiger charge is -2.14. The first-order valence-electron chi connectivity index (χ1n) is 6.61. The standard InChI is InChI=1S/C15H17BrFN3O/c1-8(2)13-19-14(18-4)9(3)15(20-13)21-10-5-6-12(17)11(16)7-10/h5-8H,1-4H3,(H,18,19,20). The summed E-state index contributed by atoms with van der Waals surface area (Å²) in [6.07, 6.45) is 0. The van der Waals surface area contributed by atoms with E-state index in [2.05, 4.69) is 31.2 Å². The van der Waals surface area contributed by atoms with Crippen LogP contribution in [-0.4, -0.2) is 17.0 Å². The van der Waals surface area contributed by atoms with Crippen LogP contribution in [0.3, 0.4) is 0 Å². The van der Waals surface area contributed by atoms with Crippen LogP contribution in [0.2, 0.25) is 0 Å². The van der Waals surface area contributed by atoms with Gasteiger partial charge in [0.25, 0.3) is 0 Å². The monoisotopic (exact) mass is 353 g/mol. The lowest BCUT2D eigenvalue weighted by Crippen LogP contribution is -2.06. The summed E-state index contributed by atoms with van der Waals surface area (Å²) in [5.41, 5.74) is 0.808. The fraction of sp³-hybridized carbons (Fsp3) is 0.333. The van der Waals surface area contributed by atoms with Crippen LogP contribution >= 0.6 is 15.9 Å². The molecule has 2 aromatic rings. The predicted octanol–water partition coefficient (Wildman–Crippen LogP) is 4.64. The second-order valence-corrected chi connectivity index (χ2v) is 5.80. The van der Waals surface area contributed by atoms with Gasteiger partial charge in [0.05, 0.1) is 10.0 Å². The summed E-state index contributed by atoms with van der Waals surface area (Å²) >= 11 is 3.14. The first-order chi connectivity index (χ1) is 9.92. The van der Waals surface area contributed by atoms with Crippen LogP contribution in [0.4, 0.5) is 10.2 Å². The third-order valence-corrected chi connectivity index (χ3v) is 3.58. The second kappa shape index (κ2) is 6.39. The number of rotatable bonds is 4. The molecule has 1 aromatic carbocycles. The number of aromatic nitrogens is 2. The number of benzene rings is 1. The van der Waals surface area contributed by atoms with Gasteiger partial charge in [-0.2, -0.15) is 4.98 Å². The molecule has 0 bridgehead atoms. The lowest BCUT2D eigenvalue weighted by molar-refractivity contribution is 0.451. The Morgan fingerprint density at radius 1 is 1.29 bits per heavy atom. The maximum atomic E-state index is 13.3. The molecule has 6 heteroatoms. The lowest BCUT2D eigenvalue weighted by atomic mass is 10.2. The average molecular weight is 354 g/mol. The average Bonchev–Trinajstić information content (AvgIpc) is 2.44. The van der Waals surface area contributed by atoms with Crippen LogP contribution < -0.4 is 10.1 Å². The number of halogens is 2. The van der Waals surface area contributed by atoms with Crippen molar-refractivity contribution in [3.63, 3.8) is 0 Å². The van der Waals surface area contributed by atoms with Gasteiger partial charge in [-0.1, -0.05) is 13.8 Å². The first-order valence-corrected chi connectivity index (χ1v) is 7.41. The quantitative estimate of drug-likeness (QED) is 0.869. The highest BCUT2D eigenvalue weighted by Gasteiger charge is 2.14. The molecule has 0 aliphatic rings. The molecular formula is C15H17BrFN3O. The number of hydrogen-bond acceptors (Lipinski definition) is 4. The maximum absolute atomic E-state index is 13.3. The van der Waals surface area contributed by atoms with Crippen molar-refractivity contribution in [2.24, 2.45) is 0 Å². The molecule has 1 heterocycles. The van der Waals surface area contributed by atoms with Crippen molar-refractivity contribution in [1.82, 2.24) is 9.97 Å². The van der Waals surface area contributed by atoms with Gasteiger partial charge < -0.3 is 10.1 Å². The SMILES string of the molecule is CNc1nc(C(C)C)nc(Oc2ccc(F)c(Br)c2)c1C. The minimum Gasteiger partial charge on any atom is -0.439 e. The summed E-state index contributed by atoms with van der Waals surface area (Å²) in [5, 5.41) is 3.04. The van der Waals surface area contributed by atoms with Gasteiger partial charge in [-0.15, -0.1) is 0 Å². The molecule has 0 aliphatic carbocycles. The molecule has 0 fully saturated rings. The van der Waals surface area contributed by atoms with Crippen LogP contribution in [0.1, 0.15) is 31.2 Å². The number of nitrogens with one attached hydrogen (secondary N) is 1. The van der Waals surface area contributed by atoms with E-state index < -0.39 is 0 Å². The number of hydrogen-bond donors (Lipinski definition) is 1. The van der Waals surface area contributed by atoms with Crippen LogP contribution in [0, 0.1) is 12.7 Å². The molecule has 112 valence electrons. The highest BCUT2D eigenvalue weighted by Crippen LogP contribution is 2.30.